The Morgan fingerprint density at radius 3 is 2.15 bits per heavy atom. The number of hydrogen-bond donors (Lipinski definition) is 2. The molecule has 2 aromatic rings. The number of amides is 2. The largest absolute Gasteiger partial charge is 0.423 e. The molecule has 1 saturated heterocycles. The van der Waals surface area contributed by atoms with Crippen LogP contribution in [0.3, 0.4) is 0 Å². The van der Waals surface area contributed by atoms with Gasteiger partial charge in [0.2, 0.25) is 0 Å². The maximum atomic E-state index is 11.9. The van der Waals surface area contributed by atoms with Gasteiger partial charge in [0.25, 0.3) is 11.8 Å². The van der Waals surface area contributed by atoms with Crippen LogP contribution in [0.4, 0.5) is 0 Å². The maximum Gasteiger partial charge on any atom is 0.336 e. The van der Waals surface area contributed by atoms with E-state index in [1.165, 1.54) is 12.2 Å². The first-order valence-electron chi connectivity index (χ1n) is 7.94. The van der Waals surface area contributed by atoms with Crippen LogP contribution in [0.5, 0.6) is 5.75 Å². The number of rotatable bonds is 4. The van der Waals surface area contributed by atoms with E-state index in [2.05, 4.69) is 10.6 Å². The van der Waals surface area contributed by atoms with Crippen molar-refractivity contribution in [3.63, 3.8) is 0 Å². The summed E-state index contributed by atoms with van der Waals surface area (Å²) in [6.07, 6.45) is 4.42. The van der Waals surface area contributed by atoms with Gasteiger partial charge in [-0.1, -0.05) is 42.5 Å². The lowest BCUT2D eigenvalue weighted by Crippen LogP contribution is -2.51. The fourth-order valence-electron chi connectivity index (χ4n) is 2.28. The van der Waals surface area contributed by atoms with Crippen LogP contribution in [-0.4, -0.2) is 22.9 Å². The highest BCUT2D eigenvalue weighted by Gasteiger charge is 2.25. The quantitative estimate of drug-likeness (QED) is 0.280. The van der Waals surface area contributed by atoms with Crippen molar-refractivity contribution in [3.8, 4) is 5.75 Å². The second-order valence-corrected chi connectivity index (χ2v) is 5.94. The van der Waals surface area contributed by atoms with Crippen LogP contribution < -0.4 is 15.4 Å². The SMILES string of the molecule is O=C(/C=C/c1ccccc1)Oc1ccc(C=C2C(=O)NC(=S)NC2=O)cc1. The van der Waals surface area contributed by atoms with Gasteiger partial charge in [-0.25, -0.2) is 4.79 Å². The Kier molecular flexibility index (Phi) is 5.53. The molecular weight excluding hydrogens is 364 g/mol. The predicted octanol–water partition coefficient (Wildman–Crippen LogP) is 2.22. The highest BCUT2D eigenvalue weighted by molar-refractivity contribution is 7.80. The third-order valence-corrected chi connectivity index (χ3v) is 3.77. The van der Waals surface area contributed by atoms with Crippen LogP contribution in [0.1, 0.15) is 11.1 Å². The highest BCUT2D eigenvalue weighted by atomic mass is 32.1. The topological polar surface area (TPSA) is 84.5 Å². The van der Waals surface area contributed by atoms with E-state index in [0.717, 1.165) is 5.56 Å². The molecule has 0 unspecified atom stereocenters. The first-order chi connectivity index (χ1) is 13.0. The minimum atomic E-state index is -0.565. The summed E-state index contributed by atoms with van der Waals surface area (Å²) in [6, 6.07) is 15.8. The number of ether oxygens (including phenoxy) is 1. The summed E-state index contributed by atoms with van der Waals surface area (Å²) >= 11 is 4.74. The highest BCUT2D eigenvalue weighted by Crippen LogP contribution is 2.16. The lowest BCUT2D eigenvalue weighted by atomic mass is 10.1. The van der Waals surface area contributed by atoms with Crippen LogP contribution >= 0.6 is 12.2 Å². The molecule has 2 N–H and O–H groups in total. The maximum absolute atomic E-state index is 11.9. The van der Waals surface area contributed by atoms with Crippen LogP contribution in [0.15, 0.2) is 66.2 Å². The Morgan fingerprint density at radius 1 is 0.889 bits per heavy atom. The third-order valence-electron chi connectivity index (χ3n) is 3.56. The van der Waals surface area contributed by atoms with Crippen molar-refractivity contribution in [2.75, 3.05) is 0 Å². The number of hydrogen-bond acceptors (Lipinski definition) is 5. The van der Waals surface area contributed by atoms with Crippen LogP contribution in [0.2, 0.25) is 0 Å². The predicted molar refractivity (Wildman–Crippen MR) is 104 cm³/mol. The second-order valence-electron chi connectivity index (χ2n) is 5.53. The lowest BCUT2D eigenvalue weighted by molar-refractivity contribution is -0.129. The molecule has 0 spiro atoms. The number of thiocarbonyl (C=S) groups is 1. The number of nitrogens with one attached hydrogen (secondary N) is 2. The third kappa shape index (κ3) is 4.96. The van der Waals surface area contributed by atoms with Crippen molar-refractivity contribution in [2.24, 2.45) is 0 Å². The van der Waals surface area contributed by atoms with E-state index >= 15 is 0 Å². The zero-order chi connectivity index (χ0) is 19.2. The van der Waals surface area contributed by atoms with Gasteiger partial charge in [0.05, 0.1) is 0 Å². The van der Waals surface area contributed by atoms with E-state index in [-0.39, 0.29) is 10.7 Å². The minimum Gasteiger partial charge on any atom is -0.423 e. The minimum absolute atomic E-state index is 0.0204. The van der Waals surface area contributed by atoms with E-state index in [0.29, 0.717) is 11.3 Å². The van der Waals surface area contributed by atoms with Gasteiger partial charge < -0.3 is 4.74 Å². The van der Waals surface area contributed by atoms with E-state index in [1.807, 2.05) is 30.3 Å². The number of carbonyl (C=O) groups excluding carboxylic acids is 3. The smallest absolute Gasteiger partial charge is 0.336 e. The Balaban J connectivity index is 1.65. The number of carbonyl (C=O) groups is 3. The molecule has 134 valence electrons. The van der Waals surface area contributed by atoms with Crippen molar-refractivity contribution >= 4 is 47.3 Å². The molecule has 6 nitrogen and oxygen atoms in total. The molecule has 1 heterocycles. The molecule has 2 aromatic carbocycles. The molecule has 0 bridgehead atoms. The summed E-state index contributed by atoms with van der Waals surface area (Å²) in [5.74, 6) is -1.29. The summed E-state index contributed by atoms with van der Waals surface area (Å²) in [5.41, 5.74) is 1.43. The lowest BCUT2D eigenvalue weighted by Gasteiger charge is -2.16. The molecule has 1 fully saturated rings. The standard InChI is InChI=1S/C20H14N2O4S/c23-17(11-8-13-4-2-1-3-5-13)26-15-9-6-14(7-10-15)12-16-18(24)21-20(27)22-19(16)25/h1-12H,(H2,21,22,24,25,27)/b11-8+. The van der Waals surface area contributed by atoms with E-state index in [1.54, 1.807) is 30.3 Å². The molecule has 0 saturated carbocycles. The van der Waals surface area contributed by atoms with Gasteiger partial charge >= 0.3 is 5.97 Å². The average Bonchev–Trinajstić information content (AvgIpc) is 2.65. The molecule has 2 amide bonds. The average molecular weight is 378 g/mol. The molecule has 3 rings (SSSR count). The number of benzene rings is 2. The van der Waals surface area contributed by atoms with Gasteiger partial charge in [-0.05, 0) is 47.6 Å². The van der Waals surface area contributed by atoms with E-state index < -0.39 is 17.8 Å². The van der Waals surface area contributed by atoms with Crippen molar-refractivity contribution in [1.29, 1.82) is 0 Å². The molecule has 7 heteroatoms. The van der Waals surface area contributed by atoms with Crippen LogP contribution in [0.25, 0.3) is 12.2 Å². The molecule has 0 atom stereocenters. The zero-order valence-electron chi connectivity index (χ0n) is 14.0. The summed E-state index contributed by atoms with van der Waals surface area (Å²) in [6.45, 7) is 0. The van der Waals surface area contributed by atoms with E-state index in [4.69, 9.17) is 17.0 Å². The van der Waals surface area contributed by atoms with Crippen molar-refractivity contribution < 1.29 is 19.1 Å². The molecule has 27 heavy (non-hydrogen) atoms. The fraction of sp³-hybridized carbons (Fsp3) is 0. The number of esters is 1. The van der Waals surface area contributed by atoms with Gasteiger partial charge in [0, 0.05) is 6.08 Å². The normalized spacial score (nSPS) is 13.9. The molecular formula is C20H14N2O4S. The van der Waals surface area contributed by atoms with E-state index in [9.17, 15) is 14.4 Å². The molecule has 1 aliphatic rings. The summed E-state index contributed by atoms with van der Waals surface area (Å²) in [7, 11) is 0. The Morgan fingerprint density at radius 2 is 1.52 bits per heavy atom. The van der Waals surface area contributed by atoms with Crippen molar-refractivity contribution in [3.05, 3.63) is 77.4 Å². The van der Waals surface area contributed by atoms with Crippen molar-refractivity contribution in [2.45, 2.75) is 0 Å². The molecule has 1 aliphatic heterocycles. The Bertz CT molecular complexity index is 941. The van der Waals surface area contributed by atoms with Gasteiger partial charge in [-0.3, -0.25) is 20.2 Å². The van der Waals surface area contributed by atoms with Crippen molar-refractivity contribution in [1.82, 2.24) is 10.6 Å². The second kappa shape index (κ2) is 8.20. The Hall–Kier alpha value is -3.58. The van der Waals surface area contributed by atoms with Crippen LogP contribution in [0, 0.1) is 0 Å². The van der Waals surface area contributed by atoms with Crippen LogP contribution in [-0.2, 0) is 14.4 Å². The first-order valence-corrected chi connectivity index (χ1v) is 8.35. The summed E-state index contributed by atoms with van der Waals surface area (Å²) in [4.78, 5) is 35.5. The first kappa shape index (κ1) is 18.2. The molecule has 0 aromatic heterocycles. The summed E-state index contributed by atoms with van der Waals surface area (Å²) < 4.78 is 5.22. The molecule has 0 radical (unpaired) electrons. The van der Waals surface area contributed by atoms with Gasteiger partial charge in [-0.2, -0.15) is 0 Å². The van der Waals surface area contributed by atoms with Gasteiger partial charge in [-0.15, -0.1) is 0 Å². The van der Waals surface area contributed by atoms with Gasteiger partial charge in [0.1, 0.15) is 11.3 Å². The Labute approximate surface area is 160 Å². The molecule has 0 aliphatic carbocycles. The van der Waals surface area contributed by atoms with Gasteiger partial charge in [0.15, 0.2) is 5.11 Å². The zero-order valence-corrected chi connectivity index (χ0v) is 14.8. The summed E-state index contributed by atoms with van der Waals surface area (Å²) in [5, 5.41) is 4.70. The monoisotopic (exact) mass is 378 g/mol. The fourth-order valence-corrected chi connectivity index (χ4v) is 2.47.